The Morgan fingerprint density at radius 2 is 1.84 bits per heavy atom. The van der Waals surface area contributed by atoms with E-state index >= 15 is 0 Å². The Labute approximate surface area is 124 Å². The van der Waals surface area contributed by atoms with Crippen LogP contribution in [0.4, 0.5) is 0 Å². The van der Waals surface area contributed by atoms with Crippen molar-refractivity contribution in [3.05, 3.63) is 0 Å². The quantitative estimate of drug-likeness (QED) is 0.283. The number of hydrogen-bond acceptors (Lipinski definition) is 3. The van der Waals surface area contributed by atoms with Crippen molar-refractivity contribution in [3.8, 4) is 0 Å². The second-order valence-electron chi connectivity index (χ2n) is 5.61. The molecule has 0 spiro atoms. The van der Waals surface area contributed by atoms with E-state index in [2.05, 4.69) is 19.3 Å². The van der Waals surface area contributed by atoms with Crippen LogP contribution in [-0.4, -0.2) is 55.0 Å². The molecule has 19 heavy (non-hydrogen) atoms. The molecule has 2 N–H and O–H groups in total. The van der Waals surface area contributed by atoms with Gasteiger partial charge >= 0.3 is 0 Å². The monoisotopic (exact) mass is 294 g/mol. The standard InChI is InChI=1S/C14H31N2O2.ClH/c1-3-5-6-7-11-18-15-8-10-16(9-4-2)12-14(17)13-16;/h14-15,17H,3-13H2,1-2H3;1H/q+1;/p-1. The number of quaternary nitrogens is 1. The van der Waals surface area contributed by atoms with Crippen molar-refractivity contribution in [2.75, 3.05) is 39.3 Å². The SMILES string of the molecule is CCCCCCONCC[N+]1(CCC)CC(O)C1.[Cl-]. The van der Waals surface area contributed by atoms with Crippen molar-refractivity contribution in [2.24, 2.45) is 0 Å². The third-order valence-corrected chi connectivity index (χ3v) is 3.78. The Morgan fingerprint density at radius 1 is 1.11 bits per heavy atom. The molecule has 0 amide bonds. The molecule has 1 aliphatic heterocycles. The number of hydroxylamine groups is 1. The van der Waals surface area contributed by atoms with E-state index in [1.54, 1.807) is 0 Å². The predicted molar refractivity (Wildman–Crippen MR) is 74.1 cm³/mol. The molecule has 0 atom stereocenters. The molecule has 1 fully saturated rings. The molecule has 1 heterocycles. The van der Waals surface area contributed by atoms with Crippen LogP contribution < -0.4 is 17.9 Å². The van der Waals surface area contributed by atoms with Gasteiger partial charge in [-0.15, -0.1) is 0 Å². The van der Waals surface area contributed by atoms with Gasteiger partial charge in [-0.2, -0.15) is 5.48 Å². The third-order valence-electron chi connectivity index (χ3n) is 3.78. The van der Waals surface area contributed by atoms with Gasteiger partial charge < -0.3 is 26.8 Å². The summed E-state index contributed by atoms with van der Waals surface area (Å²) in [7, 11) is 0. The highest BCUT2D eigenvalue weighted by atomic mass is 35.5. The van der Waals surface area contributed by atoms with Gasteiger partial charge in [0.25, 0.3) is 0 Å². The van der Waals surface area contributed by atoms with Crippen molar-refractivity contribution >= 4 is 0 Å². The average Bonchev–Trinajstić information content (AvgIpc) is 2.31. The number of nitrogens with zero attached hydrogens (tertiary/aromatic N) is 1. The minimum absolute atomic E-state index is 0. The summed E-state index contributed by atoms with van der Waals surface area (Å²) in [6, 6.07) is 0. The Balaban J connectivity index is 0.00000324. The number of halogens is 1. The van der Waals surface area contributed by atoms with Crippen molar-refractivity contribution < 1.29 is 26.8 Å². The van der Waals surface area contributed by atoms with Gasteiger partial charge in [0.1, 0.15) is 13.1 Å². The van der Waals surface area contributed by atoms with E-state index in [-0.39, 0.29) is 18.5 Å². The summed E-state index contributed by atoms with van der Waals surface area (Å²) in [5.74, 6) is 0. The van der Waals surface area contributed by atoms with Crippen LogP contribution in [0, 0.1) is 0 Å². The number of likely N-dealkylation sites (tertiary alicyclic amines) is 1. The van der Waals surface area contributed by atoms with Gasteiger partial charge in [-0.3, -0.25) is 0 Å². The maximum atomic E-state index is 9.47. The van der Waals surface area contributed by atoms with Gasteiger partial charge in [0, 0.05) is 0 Å². The summed E-state index contributed by atoms with van der Waals surface area (Å²) in [5, 5.41) is 9.47. The minimum atomic E-state index is -0.0773. The van der Waals surface area contributed by atoms with E-state index < -0.39 is 0 Å². The Bertz CT molecular complexity index is 206. The number of aliphatic hydroxyl groups excluding tert-OH is 1. The fourth-order valence-corrected chi connectivity index (χ4v) is 2.82. The van der Waals surface area contributed by atoms with Gasteiger partial charge in [0.05, 0.1) is 26.2 Å². The molecular formula is C14H31ClN2O2. The van der Waals surface area contributed by atoms with Crippen LogP contribution in [0.5, 0.6) is 0 Å². The smallest absolute Gasteiger partial charge is 0.152 e. The van der Waals surface area contributed by atoms with Crippen molar-refractivity contribution in [3.63, 3.8) is 0 Å². The Hall–Kier alpha value is 0.130. The molecular weight excluding hydrogens is 264 g/mol. The third kappa shape index (κ3) is 7.47. The van der Waals surface area contributed by atoms with Crippen molar-refractivity contribution in [2.45, 2.75) is 52.1 Å². The Morgan fingerprint density at radius 3 is 2.42 bits per heavy atom. The molecule has 116 valence electrons. The summed E-state index contributed by atoms with van der Waals surface area (Å²) in [5.41, 5.74) is 3.06. The zero-order valence-electron chi connectivity index (χ0n) is 12.5. The maximum absolute atomic E-state index is 9.47. The molecule has 0 unspecified atom stereocenters. The van der Waals surface area contributed by atoms with E-state index in [0.29, 0.717) is 0 Å². The lowest BCUT2D eigenvalue weighted by Gasteiger charge is -2.48. The first-order valence-electron chi connectivity index (χ1n) is 7.60. The lowest BCUT2D eigenvalue weighted by atomic mass is 10.1. The van der Waals surface area contributed by atoms with E-state index in [1.165, 1.54) is 32.2 Å². The van der Waals surface area contributed by atoms with Crippen LogP contribution >= 0.6 is 0 Å². The summed E-state index contributed by atoms with van der Waals surface area (Å²) in [4.78, 5) is 5.43. The van der Waals surface area contributed by atoms with Crippen LogP contribution in [0.1, 0.15) is 46.0 Å². The molecule has 0 radical (unpaired) electrons. The summed E-state index contributed by atoms with van der Waals surface area (Å²) >= 11 is 0. The van der Waals surface area contributed by atoms with Crippen LogP contribution in [0.2, 0.25) is 0 Å². The summed E-state index contributed by atoms with van der Waals surface area (Å²) in [6.07, 6.45) is 6.09. The van der Waals surface area contributed by atoms with Crippen LogP contribution in [0.3, 0.4) is 0 Å². The number of aliphatic hydroxyl groups is 1. The first-order valence-corrected chi connectivity index (χ1v) is 7.60. The fourth-order valence-electron chi connectivity index (χ4n) is 2.82. The molecule has 0 aromatic carbocycles. The number of unbranched alkanes of at least 4 members (excludes halogenated alkanes) is 3. The number of hydrogen-bond donors (Lipinski definition) is 2. The van der Waals surface area contributed by atoms with E-state index in [0.717, 1.165) is 43.7 Å². The van der Waals surface area contributed by atoms with Crippen LogP contribution in [0.15, 0.2) is 0 Å². The highest BCUT2D eigenvalue weighted by Gasteiger charge is 2.41. The van der Waals surface area contributed by atoms with E-state index in [1.807, 2.05) is 0 Å². The van der Waals surface area contributed by atoms with Crippen molar-refractivity contribution in [1.82, 2.24) is 5.48 Å². The zero-order valence-corrected chi connectivity index (χ0v) is 13.3. The normalized spacial score (nSPS) is 25.7. The average molecular weight is 295 g/mol. The first-order chi connectivity index (χ1) is 8.72. The van der Waals surface area contributed by atoms with Gasteiger partial charge in [-0.1, -0.05) is 33.1 Å². The highest BCUT2D eigenvalue weighted by molar-refractivity contribution is 4.67. The van der Waals surface area contributed by atoms with Gasteiger partial charge in [-0.05, 0) is 12.8 Å². The number of rotatable bonds is 11. The molecule has 0 saturated carbocycles. The summed E-state index contributed by atoms with van der Waals surface area (Å²) in [6.45, 7) is 10.2. The molecule has 4 nitrogen and oxygen atoms in total. The predicted octanol–water partition coefficient (Wildman–Crippen LogP) is -1.31. The lowest BCUT2D eigenvalue weighted by molar-refractivity contribution is -0.971. The molecule has 0 bridgehead atoms. The van der Waals surface area contributed by atoms with E-state index in [9.17, 15) is 5.11 Å². The van der Waals surface area contributed by atoms with Crippen LogP contribution in [0.25, 0.3) is 0 Å². The highest BCUT2D eigenvalue weighted by Crippen LogP contribution is 2.20. The number of nitrogens with one attached hydrogen (secondary N) is 1. The molecule has 5 heteroatoms. The topological polar surface area (TPSA) is 41.5 Å². The second kappa shape index (κ2) is 10.9. The molecule has 0 aliphatic carbocycles. The lowest BCUT2D eigenvalue weighted by Crippen LogP contribution is -3.00. The molecule has 0 aromatic heterocycles. The van der Waals surface area contributed by atoms with Crippen molar-refractivity contribution in [1.29, 1.82) is 0 Å². The molecule has 0 aromatic rings. The molecule has 1 aliphatic rings. The van der Waals surface area contributed by atoms with Gasteiger partial charge in [0.15, 0.2) is 6.10 Å². The molecule has 1 saturated heterocycles. The van der Waals surface area contributed by atoms with E-state index in [4.69, 9.17) is 4.84 Å². The first kappa shape index (κ1) is 19.1. The second-order valence-corrected chi connectivity index (χ2v) is 5.61. The minimum Gasteiger partial charge on any atom is -1.00 e. The maximum Gasteiger partial charge on any atom is 0.152 e. The van der Waals surface area contributed by atoms with Gasteiger partial charge in [0.2, 0.25) is 0 Å². The summed E-state index contributed by atoms with van der Waals surface area (Å²) < 4.78 is 1.06. The largest absolute Gasteiger partial charge is 1.00 e. The van der Waals surface area contributed by atoms with Crippen LogP contribution in [-0.2, 0) is 4.84 Å². The Kier molecular flexibility index (Phi) is 10.9. The zero-order chi connectivity index (χ0) is 13.3. The fraction of sp³-hybridized carbons (Fsp3) is 1.00. The molecule has 1 rings (SSSR count). The van der Waals surface area contributed by atoms with Gasteiger partial charge in [-0.25, -0.2) is 0 Å².